The molecule has 3 N–H and O–H groups in total. The number of nitrogen functional groups attached to an aromatic ring is 1. The van der Waals surface area contributed by atoms with E-state index in [1.165, 1.54) is 13.3 Å². The minimum Gasteiger partial charge on any atom is -0.495 e. The molecule has 0 radical (unpaired) electrons. The van der Waals surface area contributed by atoms with E-state index in [2.05, 4.69) is 26.1 Å². The Balaban J connectivity index is 2.72. The number of halogens is 3. The lowest BCUT2D eigenvalue weighted by molar-refractivity contribution is 0.403. The van der Waals surface area contributed by atoms with Crippen LogP contribution in [0.1, 0.15) is 0 Å². The lowest BCUT2D eigenvalue weighted by Gasteiger charge is -2.09. The molecule has 0 aliphatic rings. The molecule has 0 saturated heterocycles. The first-order chi connectivity index (χ1) is 8.06. The van der Waals surface area contributed by atoms with Crippen molar-refractivity contribution in [3.63, 3.8) is 0 Å². The largest absolute Gasteiger partial charge is 0.495 e. The maximum absolute atomic E-state index is 14.0. The molecule has 0 atom stereocenters. The number of rotatable bonds is 2. The summed E-state index contributed by atoms with van der Waals surface area (Å²) < 4.78 is 32.6. The number of aromatic nitrogens is 2. The van der Waals surface area contributed by atoms with Gasteiger partial charge in [0.15, 0.2) is 5.82 Å². The zero-order valence-corrected chi connectivity index (χ0v) is 10.3. The first kappa shape index (κ1) is 11.8. The summed E-state index contributed by atoms with van der Waals surface area (Å²) in [4.78, 5) is 0. The van der Waals surface area contributed by atoms with E-state index in [0.29, 0.717) is 0 Å². The predicted molar refractivity (Wildman–Crippen MR) is 62.6 cm³/mol. The van der Waals surface area contributed by atoms with Crippen molar-refractivity contribution in [2.45, 2.75) is 0 Å². The number of anilines is 1. The van der Waals surface area contributed by atoms with Crippen LogP contribution in [0.5, 0.6) is 5.75 Å². The van der Waals surface area contributed by atoms with E-state index < -0.39 is 11.6 Å². The molecule has 0 spiro atoms. The van der Waals surface area contributed by atoms with Gasteiger partial charge in [0.05, 0.1) is 23.3 Å². The molecular weight excluding hydrogens is 296 g/mol. The Labute approximate surface area is 104 Å². The van der Waals surface area contributed by atoms with E-state index in [9.17, 15) is 8.78 Å². The van der Waals surface area contributed by atoms with Gasteiger partial charge < -0.3 is 10.5 Å². The third-order valence-corrected chi connectivity index (χ3v) is 3.02. The van der Waals surface area contributed by atoms with Gasteiger partial charge in [0, 0.05) is 11.6 Å². The minimum absolute atomic E-state index is 0.0389. The number of H-pyrrole nitrogens is 1. The van der Waals surface area contributed by atoms with Crippen molar-refractivity contribution in [1.29, 1.82) is 0 Å². The summed E-state index contributed by atoms with van der Waals surface area (Å²) in [6, 6.07) is 1.08. The van der Waals surface area contributed by atoms with Crippen LogP contribution >= 0.6 is 15.9 Å². The van der Waals surface area contributed by atoms with Crippen molar-refractivity contribution in [3.05, 3.63) is 28.4 Å². The molecular formula is C10H8BrF2N3O. The number of methoxy groups -OCH3 is 1. The molecule has 7 heteroatoms. The monoisotopic (exact) mass is 303 g/mol. The van der Waals surface area contributed by atoms with Crippen molar-refractivity contribution in [1.82, 2.24) is 10.2 Å². The second-order valence-corrected chi connectivity index (χ2v) is 4.05. The van der Waals surface area contributed by atoms with Gasteiger partial charge in [-0.05, 0) is 15.9 Å². The molecule has 2 aromatic rings. The lowest BCUT2D eigenvalue weighted by Crippen LogP contribution is -1.97. The van der Waals surface area contributed by atoms with Gasteiger partial charge in [0.25, 0.3) is 0 Å². The molecule has 0 saturated carbocycles. The fraction of sp³-hybridized carbons (Fsp3) is 0.100. The van der Waals surface area contributed by atoms with Crippen LogP contribution in [0, 0.1) is 11.6 Å². The average Bonchev–Trinajstić information content (AvgIpc) is 2.70. The highest BCUT2D eigenvalue weighted by atomic mass is 79.9. The van der Waals surface area contributed by atoms with Gasteiger partial charge in [-0.25, -0.2) is 8.78 Å². The van der Waals surface area contributed by atoms with Gasteiger partial charge in [-0.2, -0.15) is 5.10 Å². The molecule has 17 heavy (non-hydrogen) atoms. The molecule has 0 aliphatic heterocycles. The summed E-state index contributed by atoms with van der Waals surface area (Å²) in [5.41, 5.74) is 5.46. The number of nitrogens with zero attached hydrogens (tertiary/aromatic N) is 1. The fourth-order valence-corrected chi connectivity index (χ4v) is 1.94. The predicted octanol–water partition coefficient (Wildman–Crippen LogP) is 2.71. The Hall–Kier alpha value is -1.63. The first-order valence-electron chi connectivity index (χ1n) is 4.57. The number of aromatic amines is 1. The van der Waals surface area contributed by atoms with Crippen molar-refractivity contribution >= 4 is 21.7 Å². The van der Waals surface area contributed by atoms with Gasteiger partial charge in [-0.3, -0.25) is 5.10 Å². The van der Waals surface area contributed by atoms with Crippen LogP contribution in [0.2, 0.25) is 0 Å². The second-order valence-electron chi connectivity index (χ2n) is 3.26. The topological polar surface area (TPSA) is 63.9 Å². The zero-order valence-electron chi connectivity index (χ0n) is 8.72. The standard InChI is InChI=1S/C10H8BrF2N3O/c1-17-6-2-5(12)7(9(13)8(6)11)4-3-15-16-10(4)14/h2-3H,1H3,(H3,14,15,16). The minimum atomic E-state index is -0.782. The van der Waals surface area contributed by atoms with Crippen molar-refractivity contribution < 1.29 is 13.5 Å². The average molecular weight is 304 g/mol. The highest BCUT2D eigenvalue weighted by molar-refractivity contribution is 9.10. The number of hydrogen-bond acceptors (Lipinski definition) is 3. The van der Waals surface area contributed by atoms with Gasteiger partial charge in [-0.15, -0.1) is 0 Å². The summed E-state index contributed by atoms with van der Waals surface area (Å²) in [6.07, 6.45) is 1.26. The second kappa shape index (κ2) is 4.33. The van der Waals surface area contributed by atoms with E-state index in [0.717, 1.165) is 6.07 Å². The molecule has 0 amide bonds. The Morgan fingerprint density at radius 2 is 2.18 bits per heavy atom. The highest BCUT2D eigenvalue weighted by Crippen LogP contribution is 2.38. The van der Waals surface area contributed by atoms with Crippen molar-refractivity contribution in [3.8, 4) is 16.9 Å². The van der Waals surface area contributed by atoms with E-state index >= 15 is 0 Å². The Morgan fingerprint density at radius 1 is 1.47 bits per heavy atom. The van der Waals surface area contributed by atoms with E-state index in [-0.39, 0.29) is 27.2 Å². The van der Waals surface area contributed by atoms with Gasteiger partial charge in [0.1, 0.15) is 17.4 Å². The molecule has 4 nitrogen and oxygen atoms in total. The summed E-state index contributed by atoms with van der Waals surface area (Å²) in [5, 5.41) is 6.04. The van der Waals surface area contributed by atoms with Gasteiger partial charge >= 0.3 is 0 Å². The molecule has 0 fully saturated rings. The van der Waals surface area contributed by atoms with Gasteiger partial charge in [0.2, 0.25) is 0 Å². The Morgan fingerprint density at radius 3 is 2.71 bits per heavy atom. The third kappa shape index (κ3) is 1.86. The number of benzene rings is 1. The van der Waals surface area contributed by atoms with E-state index in [1.54, 1.807) is 0 Å². The zero-order chi connectivity index (χ0) is 12.6. The summed E-state index contributed by atoms with van der Waals surface area (Å²) in [7, 11) is 1.32. The van der Waals surface area contributed by atoms with E-state index in [4.69, 9.17) is 10.5 Å². The van der Waals surface area contributed by atoms with Crippen molar-refractivity contribution in [2.24, 2.45) is 0 Å². The summed E-state index contributed by atoms with van der Waals surface area (Å²) in [6.45, 7) is 0. The van der Waals surface area contributed by atoms with Crippen LogP contribution in [-0.2, 0) is 0 Å². The molecule has 1 aromatic heterocycles. The Bertz CT molecular complexity index is 571. The smallest absolute Gasteiger partial charge is 0.152 e. The molecule has 0 aliphatic carbocycles. The van der Waals surface area contributed by atoms with Crippen LogP contribution in [0.4, 0.5) is 14.6 Å². The number of nitrogens with one attached hydrogen (secondary N) is 1. The molecule has 0 bridgehead atoms. The van der Waals surface area contributed by atoms with Gasteiger partial charge in [-0.1, -0.05) is 0 Å². The van der Waals surface area contributed by atoms with Crippen LogP contribution in [0.15, 0.2) is 16.7 Å². The van der Waals surface area contributed by atoms with Crippen LogP contribution in [-0.4, -0.2) is 17.3 Å². The molecule has 1 aromatic carbocycles. The highest BCUT2D eigenvalue weighted by Gasteiger charge is 2.21. The molecule has 2 rings (SSSR count). The molecule has 90 valence electrons. The van der Waals surface area contributed by atoms with Crippen LogP contribution in [0.25, 0.3) is 11.1 Å². The van der Waals surface area contributed by atoms with Crippen LogP contribution in [0.3, 0.4) is 0 Å². The molecule has 1 heterocycles. The number of ether oxygens (including phenoxy) is 1. The maximum atomic E-state index is 14.0. The molecule has 0 unspecified atom stereocenters. The Kier molecular flexibility index (Phi) is 3.01. The summed E-state index contributed by atoms with van der Waals surface area (Å²) in [5.74, 6) is -1.38. The fourth-order valence-electron chi connectivity index (χ4n) is 1.46. The number of hydrogen-bond donors (Lipinski definition) is 2. The van der Waals surface area contributed by atoms with E-state index in [1.807, 2.05) is 0 Å². The quantitative estimate of drug-likeness (QED) is 0.839. The summed E-state index contributed by atoms with van der Waals surface area (Å²) >= 11 is 3.00. The van der Waals surface area contributed by atoms with Crippen molar-refractivity contribution in [2.75, 3.05) is 12.8 Å². The normalized spacial score (nSPS) is 10.6. The first-order valence-corrected chi connectivity index (χ1v) is 5.36. The SMILES string of the molecule is COc1cc(F)c(-c2cn[nH]c2N)c(F)c1Br. The maximum Gasteiger partial charge on any atom is 0.152 e. The number of nitrogens with two attached hydrogens (primary N) is 1. The third-order valence-electron chi connectivity index (χ3n) is 2.28. The van der Waals surface area contributed by atoms with Crippen LogP contribution < -0.4 is 10.5 Å². The lowest BCUT2D eigenvalue weighted by atomic mass is 10.1.